The van der Waals surface area contributed by atoms with Gasteiger partial charge in [0.15, 0.2) is 0 Å². The Morgan fingerprint density at radius 1 is 1.25 bits per heavy atom. The lowest BCUT2D eigenvalue weighted by molar-refractivity contribution is -0.125. The Morgan fingerprint density at radius 2 is 1.92 bits per heavy atom. The zero-order valence-electron chi connectivity index (χ0n) is 13.6. The second kappa shape index (κ2) is 8.41. The van der Waals surface area contributed by atoms with Crippen molar-refractivity contribution >= 4 is 44.8 Å². The van der Waals surface area contributed by atoms with Crippen LogP contribution in [0.1, 0.15) is 32.1 Å². The zero-order chi connectivity index (χ0) is 17.7. The van der Waals surface area contributed by atoms with Crippen LogP contribution in [-0.4, -0.2) is 33.7 Å². The largest absolute Gasteiger partial charge is 0.354 e. The van der Waals surface area contributed by atoms with Crippen molar-refractivity contribution in [1.82, 2.24) is 5.32 Å². The first-order chi connectivity index (χ1) is 11.3. The molecular weight excluding hydrogens is 371 g/mol. The van der Waals surface area contributed by atoms with E-state index in [2.05, 4.69) is 5.32 Å². The molecule has 2 rings (SSSR count). The predicted molar refractivity (Wildman–Crippen MR) is 98.2 cm³/mol. The Bertz CT molecular complexity index is 689. The summed E-state index contributed by atoms with van der Waals surface area (Å²) in [7, 11) is -3.54. The van der Waals surface area contributed by atoms with E-state index in [1.165, 1.54) is 16.8 Å². The highest BCUT2D eigenvalue weighted by molar-refractivity contribution is 7.92. The molecule has 0 radical (unpaired) electrons. The van der Waals surface area contributed by atoms with E-state index in [-0.39, 0.29) is 24.9 Å². The molecule has 1 aromatic carbocycles. The van der Waals surface area contributed by atoms with Crippen LogP contribution >= 0.6 is 23.2 Å². The summed E-state index contributed by atoms with van der Waals surface area (Å²) in [5.74, 6) is 0.0422. The number of nitrogens with one attached hydrogen (secondary N) is 1. The minimum atomic E-state index is -3.54. The maximum absolute atomic E-state index is 12.2. The van der Waals surface area contributed by atoms with Crippen molar-refractivity contribution in [3.05, 3.63) is 28.2 Å². The first-order valence-corrected chi connectivity index (χ1v) is 10.6. The van der Waals surface area contributed by atoms with Crippen molar-refractivity contribution < 1.29 is 13.2 Å². The van der Waals surface area contributed by atoms with E-state index in [0.29, 0.717) is 15.7 Å². The lowest BCUT2D eigenvalue weighted by atomic mass is 9.89. The van der Waals surface area contributed by atoms with E-state index in [1.807, 2.05) is 0 Å². The Kier molecular flexibility index (Phi) is 6.78. The molecule has 0 bridgehead atoms. The number of carbonyl (C=O) groups excluding carboxylic acids is 1. The average molecular weight is 393 g/mol. The van der Waals surface area contributed by atoms with Crippen LogP contribution < -0.4 is 9.62 Å². The van der Waals surface area contributed by atoms with Crippen molar-refractivity contribution in [2.45, 2.75) is 32.1 Å². The quantitative estimate of drug-likeness (QED) is 0.805. The molecule has 0 aliphatic heterocycles. The summed E-state index contributed by atoms with van der Waals surface area (Å²) in [4.78, 5) is 12.2. The van der Waals surface area contributed by atoms with E-state index in [9.17, 15) is 13.2 Å². The molecule has 1 aromatic rings. The van der Waals surface area contributed by atoms with E-state index in [4.69, 9.17) is 23.2 Å². The Balaban J connectivity index is 2.02. The molecule has 0 heterocycles. The topological polar surface area (TPSA) is 66.5 Å². The number of hydrogen-bond acceptors (Lipinski definition) is 3. The molecule has 0 spiro atoms. The normalized spacial score (nSPS) is 16.0. The maximum Gasteiger partial charge on any atom is 0.232 e. The van der Waals surface area contributed by atoms with E-state index in [1.54, 1.807) is 12.1 Å². The lowest BCUT2D eigenvalue weighted by Gasteiger charge is -2.25. The summed E-state index contributed by atoms with van der Waals surface area (Å²) >= 11 is 12.1. The monoisotopic (exact) mass is 392 g/mol. The summed E-state index contributed by atoms with van der Waals surface area (Å²) < 4.78 is 25.3. The zero-order valence-corrected chi connectivity index (χ0v) is 15.9. The molecule has 134 valence electrons. The standard InChI is InChI=1S/C16H22Cl2N2O3S/c1-24(22,23)20(15-11-13(17)7-8-14(15)18)10-9-19-16(21)12-5-3-2-4-6-12/h7-8,11-12H,2-6,9-10H2,1H3,(H,19,21). The lowest BCUT2D eigenvalue weighted by Crippen LogP contribution is -2.40. The first kappa shape index (κ1) is 19.3. The molecule has 1 aliphatic carbocycles. The van der Waals surface area contributed by atoms with Crippen molar-refractivity contribution in [2.24, 2.45) is 5.92 Å². The van der Waals surface area contributed by atoms with E-state index >= 15 is 0 Å². The Labute approximate surface area is 153 Å². The molecule has 24 heavy (non-hydrogen) atoms. The molecule has 0 atom stereocenters. The van der Waals surface area contributed by atoms with Crippen molar-refractivity contribution in [2.75, 3.05) is 23.7 Å². The average Bonchev–Trinajstić information content (AvgIpc) is 2.53. The van der Waals surface area contributed by atoms with Crippen molar-refractivity contribution in [3.8, 4) is 0 Å². The minimum absolute atomic E-state index is 0.000317. The molecule has 1 fully saturated rings. The summed E-state index contributed by atoms with van der Waals surface area (Å²) in [6.45, 7) is 0.336. The first-order valence-electron chi connectivity index (χ1n) is 7.99. The second-order valence-electron chi connectivity index (χ2n) is 6.06. The number of amides is 1. The molecule has 0 unspecified atom stereocenters. The molecule has 0 aromatic heterocycles. The van der Waals surface area contributed by atoms with Crippen LogP contribution in [-0.2, 0) is 14.8 Å². The molecule has 1 saturated carbocycles. The molecule has 5 nitrogen and oxygen atoms in total. The SMILES string of the molecule is CS(=O)(=O)N(CCNC(=O)C1CCCCC1)c1cc(Cl)ccc1Cl. The highest BCUT2D eigenvalue weighted by Crippen LogP contribution is 2.30. The van der Waals surface area contributed by atoms with Crippen LogP contribution in [0.2, 0.25) is 10.0 Å². The van der Waals surface area contributed by atoms with Gasteiger partial charge in [-0.15, -0.1) is 0 Å². The fourth-order valence-corrected chi connectivity index (χ4v) is 4.30. The number of halogens is 2. The minimum Gasteiger partial charge on any atom is -0.354 e. The Hall–Kier alpha value is -0.980. The molecular formula is C16H22Cl2N2O3S. The molecule has 1 aliphatic rings. The third-order valence-electron chi connectivity index (χ3n) is 4.17. The third kappa shape index (κ3) is 5.26. The van der Waals surface area contributed by atoms with Gasteiger partial charge in [-0.2, -0.15) is 0 Å². The van der Waals surface area contributed by atoms with Gasteiger partial charge in [0.1, 0.15) is 0 Å². The number of benzene rings is 1. The third-order valence-corrected chi connectivity index (χ3v) is 5.90. The van der Waals surface area contributed by atoms with E-state index < -0.39 is 10.0 Å². The smallest absolute Gasteiger partial charge is 0.232 e. The van der Waals surface area contributed by atoms with Gasteiger partial charge in [0.05, 0.1) is 23.5 Å². The van der Waals surface area contributed by atoms with Gasteiger partial charge in [0.2, 0.25) is 15.9 Å². The van der Waals surface area contributed by atoms with Gasteiger partial charge >= 0.3 is 0 Å². The Morgan fingerprint density at radius 3 is 2.54 bits per heavy atom. The highest BCUT2D eigenvalue weighted by atomic mass is 35.5. The highest BCUT2D eigenvalue weighted by Gasteiger charge is 2.23. The summed E-state index contributed by atoms with van der Waals surface area (Å²) in [5.41, 5.74) is 0.318. The van der Waals surface area contributed by atoms with Crippen molar-refractivity contribution in [1.29, 1.82) is 0 Å². The van der Waals surface area contributed by atoms with Gasteiger partial charge in [-0.25, -0.2) is 8.42 Å². The van der Waals surface area contributed by atoms with Gasteiger partial charge in [-0.05, 0) is 31.0 Å². The number of sulfonamides is 1. The fourth-order valence-electron chi connectivity index (χ4n) is 2.93. The number of rotatable bonds is 6. The van der Waals surface area contributed by atoms with Gasteiger partial charge < -0.3 is 5.32 Å². The van der Waals surface area contributed by atoms with Crippen LogP contribution in [0.5, 0.6) is 0 Å². The fraction of sp³-hybridized carbons (Fsp3) is 0.562. The van der Waals surface area contributed by atoms with Crippen molar-refractivity contribution in [3.63, 3.8) is 0 Å². The molecule has 0 saturated heterocycles. The van der Waals surface area contributed by atoms with Crippen LogP contribution in [0.3, 0.4) is 0 Å². The van der Waals surface area contributed by atoms with Gasteiger partial charge in [-0.1, -0.05) is 42.5 Å². The van der Waals surface area contributed by atoms with Crippen LogP contribution in [0.4, 0.5) is 5.69 Å². The van der Waals surface area contributed by atoms with Gasteiger partial charge in [-0.3, -0.25) is 9.10 Å². The van der Waals surface area contributed by atoms with Crippen LogP contribution in [0, 0.1) is 5.92 Å². The summed E-state index contributed by atoms with van der Waals surface area (Å²) in [6.07, 6.45) is 6.24. The number of nitrogens with zero attached hydrogens (tertiary/aromatic N) is 1. The summed E-state index contributed by atoms with van der Waals surface area (Å²) in [6, 6.07) is 4.66. The van der Waals surface area contributed by atoms with Crippen LogP contribution in [0.25, 0.3) is 0 Å². The number of carbonyl (C=O) groups is 1. The predicted octanol–water partition coefficient (Wildman–Crippen LogP) is 3.46. The van der Waals surface area contributed by atoms with Crippen LogP contribution in [0.15, 0.2) is 18.2 Å². The number of hydrogen-bond donors (Lipinski definition) is 1. The van der Waals surface area contributed by atoms with Gasteiger partial charge in [0, 0.05) is 17.5 Å². The summed E-state index contributed by atoms with van der Waals surface area (Å²) in [5, 5.41) is 3.53. The molecule has 1 amide bonds. The second-order valence-corrected chi connectivity index (χ2v) is 8.81. The van der Waals surface area contributed by atoms with E-state index in [0.717, 1.165) is 31.9 Å². The number of anilines is 1. The maximum atomic E-state index is 12.2. The molecule has 8 heteroatoms. The molecule has 1 N–H and O–H groups in total. The van der Waals surface area contributed by atoms with Gasteiger partial charge in [0.25, 0.3) is 0 Å².